The second-order valence-electron chi connectivity index (χ2n) is 8.15. The molecule has 1 aliphatic heterocycles. The van der Waals surface area contributed by atoms with Crippen molar-refractivity contribution in [3.8, 4) is 0 Å². The van der Waals surface area contributed by atoms with E-state index in [1.807, 2.05) is 36.2 Å². The number of ether oxygens (including phenoxy) is 1. The van der Waals surface area contributed by atoms with E-state index in [0.717, 1.165) is 53.1 Å². The summed E-state index contributed by atoms with van der Waals surface area (Å²) in [6.07, 6.45) is 1.92. The maximum absolute atomic E-state index is 5.97. The Balaban J connectivity index is 1.34. The summed E-state index contributed by atoms with van der Waals surface area (Å²) in [5.41, 5.74) is 10.2. The fourth-order valence-corrected chi connectivity index (χ4v) is 5.85. The second-order valence-corrected chi connectivity index (χ2v) is 10.3. The quantitative estimate of drug-likeness (QED) is 0.493. The lowest BCUT2D eigenvalue weighted by molar-refractivity contribution is -0.124. The normalized spacial score (nSPS) is 22.3. The van der Waals surface area contributed by atoms with Gasteiger partial charge in [0.1, 0.15) is 0 Å². The minimum atomic E-state index is -0.253. The lowest BCUT2D eigenvalue weighted by atomic mass is 9.94. The van der Waals surface area contributed by atoms with Crippen molar-refractivity contribution in [2.45, 2.75) is 48.2 Å². The first kappa shape index (κ1) is 22.6. The maximum atomic E-state index is 5.97. The number of aromatic amines is 1. The second kappa shape index (κ2) is 9.92. The molecule has 0 radical (unpaired) electrons. The number of aromatic nitrogens is 3. The van der Waals surface area contributed by atoms with Crippen LogP contribution >= 0.6 is 23.5 Å². The first-order valence-corrected chi connectivity index (χ1v) is 12.7. The highest BCUT2D eigenvalue weighted by molar-refractivity contribution is 7.99. The van der Waals surface area contributed by atoms with E-state index in [4.69, 9.17) is 10.5 Å². The summed E-state index contributed by atoms with van der Waals surface area (Å²) in [5, 5.41) is 0.935. The fraction of sp³-hybridized carbons (Fsp3) is 0.478. The molecule has 2 unspecified atom stereocenters. The van der Waals surface area contributed by atoms with Crippen LogP contribution in [0.2, 0.25) is 0 Å². The molecule has 0 spiro atoms. The molecule has 3 heterocycles. The van der Waals surface area contributed by atoms with Crippen molar-refractivity contribution in [1.82, 2.24) is 19.9 Å². The van der Waals surface area contributed by atoms with Crippen molar-refractivity contribution < 1.29 is 4.74 Å². The van der Waals surface area contributed by atoms with Gasteiger partial charge in [-0.1, -0.05) is 23.9 Å². The Hall–Kier alpha value is -1.58. The largest absolute Gasteiger partial charge is 0.371 e. The predicted molar refractivity (Wildman–Crippen MR) is 130 cm³/mol. The number of nitrogens with zero attached hydrogens (tertiary/aromatic N) is 3. The highest BCUT2D eigenvalue weighted by Gasteiger charge is 2.37. The summed E-state index contributed by atoms with van der Waals surface area (Å²) in [5.74, 6) is 1.83. The average Bonchev–Trinajstić information content (AvgIpc) is 3.20. The summed E-state index contributed by atoms with van der Waals surface area (Å²) in [6, 6.07) is 10.6. The Labute approximate surface area is 192 Å². The Kier molecular flexibility index (Phi) is 7.23. The van der Waals surface area contributed by atoms with E-state index in [0.29, 0.717) is 12.6 Å². The van der Waals surface area contributed by atoms with Crippen molar-refractivity contribution in [3.63, 3.8) is 0 Å². The van der Waals surface area contributed by atoms with Gasteiger partial charge >= 0.3 is 0 Å². The lowest BCUT2D eigenvalue weighted by Gasteiger charge is -2.46. The maximum Gasteiger partial charge on any atom is 0.166 e. The summed E-state index contributed by atoms with van der Waals surface area (Å²) in [4.78, 5) is 16.5. The van der Waals surface area contributed by atoms with Gasteiger partial charge in [-0.3, -0.25) is 9.88 Å². The molecule has 0 bridgehead atoms. The minimum Gasteiger partial charge on any atom is -0.371 e. The molecule has 1 saturated heterocycles. The number of morpholine rings is 1. The van der Waals surface area contributed by atoms with Gasteiger partial charge in [0.15, 0.2) is 5.16 Å². The van der Waals surface area contributed by atoms with Crippen LogP contribution < -0.4 is 5.73 Å². The van der Waals surface area contributed by atoms with E-state index in [2.05, 4.69) is 52.8 Å². The third-order valence-electron chi connectivity index (χ3n) is 6.26. The Bertz CT molecular complexity index is 993. The third kappa shape index (κ3) is 5.09. The van der Waals surface area contributed by atoms with Gasteiger partial charge in [-0.15, -0.1) is 11.8 Å². The van der Waals surface area contributed by atoms with Gasteiger partial charge < -0.3 is 15.5 Å². The molecule has 3 N–H and O–H groups in total. The van der Waals surface area contributed by atoms with Crippen LogP contribution in [0.3, 0.4) is 0 Å². The number of nitrogens with one attached hydrogen (secondary N) is 1. The Morgan fingerprint density at radius 2 is 2.13 bits per heavy atom. The average molecular weight is 458 g/mol. The summed E-state index contributed by atoms with van der Waals surface area (Å²) in [7, 11) is 0. The zero-order valence-corrected chi connectivity index (χ0v) is 20.1. The number of benzene rings is 1. The zero-order chi connectivity index (χ0) is 21.8. The van der Waals surface area contributed by atoms with Crippen molar-refractivity contribution in [2.24, 2.45) is 5.73 Å². The minimum absolute atomic E-state index is 0.253. The predicted octanol–water partition coefficient (Wildman–Crippen LogP) is 4.09. The van der Waals surface area contributed by atoms with E-state index in [-0.39, 0.29) is 5.60 Å². The van der Waals surface area contributed by atoms with Crippen LogP contribution in [0, 0.1) is 6.92 Å². The van der Waals surface area contributed by atoms with Gasteiger partial charge in [0.25, 0.3) is 0 Å². The van der Waals surface area contributed by atoms with Crippen molar-refractivity contribution >= 4 is 34.6 Å². The molecule has 0 aliphatic carbocycles. The molecule has 0 saturated carbocycles. The molecule has 4 rings (SSSR count). The highest BCUT2D eigenvalue weighted by Crippen LogP contribution is 2.29. The molecule has 166 valence electrons. The lowest BCUT2D eigenvalue weighted by Crippen LogP contribution is -2.60. The van der Waals surface area contributed by atoms with Gasteiger partial charge in [-0.05, 0) is 44.5 Å². The van der Waals surface area contributed by atoms with Crippen LogP contribution in [0.4, 0.5) is 0 Å². The number of rotatable bonds is 8. The van der Waals surface area contributed by atoms with Crippen LogP contribution in [-0.2, 0) is 10.5 Å². The molecule has 1 fully saturated rings. The first-order valence-electron chi connectivity index (χ1n) is 10.7. The number of para-hydroxylation sites is 2. The summed E-state index contributed by atoms with van der Waals surface area (Å²) in [6.45, 7) is 9.81. The molecule has 6 nitrogen and oxygen atoms in total. The molecule has 2 aromatic heterocycles. The number of nitrogens with two attached hydrogens (primary N) is 1. The Morgan fingerprint density at radius 1 is 1.29 bits per heavy atom. The van der Waals surface area contributed by atoms with Gasteiger partial charge in [0, 0.05) is 48.3 Å². The SMILES string of the molecule is Cc1c(SCCN2CCOC(C)(CN)C2C)ccnc1CSc1nc2ccccc2[nH]1. The molecule has 1 aromatic carbocycles. The number of H-pyrrole nitrogens is 1. The van der Waals surface area contributed by atoms with E-state index < -0.39 is 0 Å². The zero-order valence-electron chi connectivity index (χ0n) is 18.4. The topological polar surface area (TPSA) is 80.1 Å². The van der Waals surface area contributed by atoms with Crippen LogP contribution in [0.25, 0.3) is 11.0 Å². The van der Waals surface area contributed by atoms with Crippen molar-refractivity contribution in [2.75, 3.05) is 32.0 Å². The molecule has 1 aliphatic rings. The van der Waals surface area contributed by atoms with Gasteiger partial charge in [0.2, 0.25) is 0 Å². The van der Waals surface area contributed by atoms with E-state index in [1.165, 1.54) is 10.5 Å². The molecule has 2 atom stereocenters. The number of hydrogen-bond donors (Lipinski definition) is 2. The number of pyridine rings is 1. The Morgan fingerprint density at radius 3 is 2.94 bits per heavy atom. The van der Waals surface area contributed by atoms with Gasteiger partial charge in [-0.2, -0.15) is 0 Å². The molecular formula is C23H31N5OS2. The standard InChI is InChI=1S/C23H31N5OS2/c1-16-20(14-31-22-26-18-6-4-5-7-19(18)27-22)25-9-8-21(16)30-13-11-28-10-12-29-23(3,15-24)17(28)2/h4-9,17H,10-15,24H2,1-3H3,(H,26,27). The molecular weight excluding hydrogens is 426 g/mol. The first-order chi connectivity index (χ1) is 15.0. The van der Waals surface area contributed by atoms with E-state index in [1.54, 1.807) is 11.8 Å². The molecule has 3 aromatic rings. The molecule has 0 amide bonds. The van der Waals surface area contributed by atoms with Crippen molar-refractivity contribution in [3.05, 3.63) is 47.8 Å². The van der Waals surface area contributed by atoms with Crippen LogP contribution in [0.15, 0.2) is 46.6 Å². The van der Waals surface area contributed by atoms with Crippen LogP contribution in [-0.4, -0.2) is 63.5 Å². The third-order valence-corrected chi connectivity index (χ3v) is 8.28. The number of hydrogen-bond acceptors (Lipinski definition) is 7. The van der Waals surface area contributed by atoms with Gasteiger partial charge in [0.05, 0.1) is 28.9 Å². The molecule has 8 heteroatoms. The fourth-order valence-electron chi connectivity index (χ4n) is 3.90. The molecule has 31 heavy (non-hydrogen) atoms. The van der Waals surface area contributed by atoms with E-state index in [9.17, 15) is 0 Å². The van der Waals surface area contributed by atoms with E-state index >= 15 is 0 Å². The number of fused-ring (bicyclic) bond motifs is 1. The summed E-state index contributed by atoms with van der Waals surface area (Å²) < 4.78 is 5.95. The van der Waals surface area contributed by atoms with Crippen LogP contribution in [0.1, 0.15) is 25.1 Å². The highest BCUT2D eigenvalue weighted by atomic mass is 32.2. The van der Waals surface area contributed by atoms with Gasteiger partial charge in [-0.25, -0.2) is 4.98 Å². The van der Waals surface area contributed by atoms with Crippen molar-refractivity contribution in [1.29, 1.82) is 0 Å². The summed E-state index contributed by atoms with van der Waals surface area (Å²) >= 11 is 3.60. The number of thioether (sulfide) groups is 2. The monoisotopic (exact) mass is 457 g/mol. The van der Waals surface area contributed by atoms with Crippen LogP contribution in [0.5, 0.6) is 0 Å². The number of imidazole rings is 1. The smallest absolute Gasteiger partial charge is 0.166 e.